The zero-order valence-corrected chi connectivity index (χ0v) is 27.4. The molecule has 0 saturated carbocycles. The Balaban J connectivity index is 0.000000202. The fraction of sp³-hybridized carbons (Fsp3) is 0.0303. The van der Waals surface area contributed by atoms with E-state index < -0.39 is 0 Å². The van der Waals surface area contributed by atoms with E-state index in [0.29, 0.717) is 27.4 Å². The summed E-state index contributed by atoms with van der Waals surface area (Å²) in [6.07, 6.45) is 4.99. The number of rotatable bonds is 6. The summed E-state index contributed by atoms with van der Waals surface area (Å²) in [4.78, 5) is 32.2. The topological polar surface area (TPSA) is 110 Å². The Bertz CT molecular complexity index is 1700. The molecule has 4 aromatic carbocycles. The zero-order valence-electron chi connectivity index (χ0n) is 23.3. The number of aldehydes is 1. The quantitative estimate of drug-likeness (QED) is 0.150. The van der Waals surface area contributed by atoms with Crippen molar-refractivity contribution < 1.29 is 9.59 Å². The minimum absolute atomic E-state index is 0. The number of thiazole rings is 2. The second-order valence-electron chi connectivity index (χ2n) is 8.77. The monoisotopic (exact) mass is 705 g/mol. The summed E-state index contributed by atoms with van der Waals surface area (Å²) in [5.41, 5.74) is 9.52. The molecule has 7 nitrogen and oxygen atoms in total. The molecule has 0 bridgehead atoms. The summed E-state index contributed by atoms with van der Waals surface area (Å²) in [5, 5.41) is 7.23. The van der Waals surface area contributed by atoms with Crippen molar-refractivity contribution >= 4 is 79.5 Å². The Morgan fingerprint density at radius 3 is 1.77 bits per heavy atom. The van der Waals surface area contributed by atoms with E-state index in [1.54, 1.807) is 36.7 Å². The number of nitrogen functional groups attached to an aromatic ring is 1. The normalized spacial score (nSPS) is 9.66. The lowest BCUT2D eigenvalue weighted by Crippen LogP contribution is -2.19. The average molecular weight is 707 g/mol. The molecule has 0 saturated heterocycles. The maximum atomic E-state index is 11.9. The Kier molecular flexibility index (Phi) is 14.2. The second kappa shape index (κ2) is 18.3. The SMILES string of the molecule is Br.Nc1ncc(-c2ccccc2)s1.O=C(Nc1ccc(Cl)cc1)Nc1ncc(-c2ccccc2)s1.O=CCc1ccccc1. The molecule has 11 heteroatoms. The number of hydrogen-bond acceptors (Lipinski definition) is 7. The van der Waals surface area contributed by atoms with E-state index in [2.05, 4.69) is 20.6 Å². The number of halogens is 2. The van der Waals surface area contributed by atoms with Gasteiger partial charge in [0.15, 0.2) is 10.3 Å². The largest absolute Gasteiger partial charge is 0.375 e. The maximum Gasteiger partial charge on any atom is 0.325 e. The van der Waals surface area contributed by atoms with Crippen LogP contribution in [0.25, 0.3) is 20.9 Å². The van der Waals surface area contributed by atoms with E-state index >= 15 is 0 Å². The standard InChI is InChI=1S/C16H12ClN3OS.C9H8N2S.C8H8O.BrH/c17-12-6-8-13(9-7-12)19-15(21)20-16-18-10-14(22-16)11-4-2-1-3-5-11;10-9-11-6-8(12-9)7-4-2-1-3-5-7;9-7-6-8-4-2-1-3-5-8;/h1-10H,(H2,18,19,20,21);1-6H,(H2,10,11);1-5,7H,6H2;1H. The third-order valence-electron chi connectivity index (χ3n) is 5.63. The molecule has 4 N–H and O–H groups in total. The summed E-state index contributed by atoms with van der Waals surface area (Å²) in [5.74, 6) is 0. The van der Waals surface area contributed by atoms with E-state index in [1.165, 1.54) is 28.2 Å². The van der Waals surface area contributed by atoms with Gasteiger partial charge < -0.3 is 15.8 Å². The van der Waals surface area contributed by atoms with E-state index in [9.17, 15) is 9.59 Å². The molecular formula is C33H29BrClN5O2S2. The van der Waals surface area contributed by atoms with Gasteiger partial charge in [-0.3, -0.25) is 5.32 Å². The lowest BCUT2D eigenvalue weighted by atomic mass is 10.2. The first kappa shape index (κ1) is 34.1. The van der Waals surface area contributed by atoms with Crippen LogP contribution in [0.3, 0.4) is 0 Å². The minimum Gasteiger partial charge on any atom is -0.375 e. The van der Waals surface area contributed by atoms with E-state index in [-0.39, 0.29) is 23.0 Å². The molecular weight excluding hydrogens is 678 g/mol. The molecule has 2 aromatic heterocycles. The summed E-state index contributed by atoms with van der Waals surface area (Å²) in [6.45, 7) is 0. The number of carbonyl (C=O) groups is 2. The van der Waals surface area contributed by atoms with Gasteiger partial charge in [0.25, 0.3) is 0 Å². The van der Waals surface area contributed by atoms with E-state index in [4.69, 9.17) is 17.3 Å². The van der Waals surface area contributed by atoms with Crippen LogP contribution in [0.4, 0.5) is 20.7 Å². The highest BCUT2D eigenvalue weighted by Gasteiger charge is 2.08. The van der Waals surface area contributed by atoms with Crippen molar-refractivity contribution in [1.29, 1.82) is 0 Å². The summed E-state index contributed by atoms with van der Waals surface area (Å²) >= 11 is 8.73. The van der Waals surface area contributed by atoms with Crippen LogP contribution in [0.1, 0.15) is 5.56 Å². The summed E-state index contributed by atoms with van der Waals surface area (Å²) in [6, 6.07) is 36.3. The number of benzene rings is 4. The predicted octanol–water partition coefficient (Wildman–Crippen LogP) is 9.51. The van der Waals surface area contributed by atoms with Gasteiger partial charge in [0, 0.05) is 29.5 Å². The smallest absolute Gasteiger partial charge is 0.325 e. The van der Waals surface area contributed by atoms with Crippen molar-refractivity contribution in [1.82, 2.24) is 9.97 Å². The van der Waals surface area contributed by atoms with E-state index in [0.717, 1.165) is 27.2 Å². The summed E-state index contributed by atoms with van der Waals surface area (Å²) < 4.78 is 0. The zero-order chi connectivity index (χ0) is 30.3. The Hall–Kier alpha value is -4.35. The Labute approximate surface area is 279 Å². The van der Waals surface area contributed by atoms with Crippen LogP contribution >= 0.6 is 51.3 Å². The van der Waals surface area contributed by atoms with Gasteiger partial charge >= 0.3 is 6.03 Å². The fourth-order valence-corrected chi connectivity index (χ4v) is 5.23. The number of hydrogen-bond donors (Lipinski definition) is 3. The van der Waals surface area contributed by atoms with Crippen molar-refractivity contribution in [2.24, 2.45) is 0 Å². The van der Waals surface area contributed by atoms with Gasteiger partial charge in [-0.2, -0.15) is 0 Å². The molecule has 0 unspecified atom stereocenters. The van der Waals surface area contributed by atoms with Crippen LogP contribution in [0, 0.1) is 0 Å². The number of nitrogens with one attached hydrogen (secondary N) is 2. The van der Waals surface area contributed by atoms with Crippen molar-refractivity contribution in [3.8, 4) is 20.9 Å². The molecule has 2 heterocycles. The molecule has 0 radical (unpaired) electrons. The molecule has 224 valence electrons. The number of amides is 2. The van der Waals surface area contributed by atoms with Gasteiger partial charge in [0.2, 0.25) is 0 Å². The molecule has 0 fully saturated rings. The second-order valence-corrected chi connectivity index (χ2v) is 11.3. The number of nitrogens with two attached hydrogens (primary N) is 1. The van der Waals surface area contributed by atoms with Gasteiger partial charge in [-0.15, -0.1) is 17.0 Å². The lowest BCUT2D eigenvalue weighted by molar-refractivity contribution is -0.107. The lowest BCUT2D eigenvalue weighted by Gasteiger charge is -2.05. The van der Waals surface area contributed by atoms with Crippen LogP contribution in [-0.4, -0.2) is 22.3 Å². The third kappa shape index (κ3) is 11.4. The fourth-order valence-electron chi connectivity index (χ4n) is 3.59. The van der Waals surface area contributed by atoms with Crippen LogP contribution < -0.4 is 16.4 Å². The van der Waals surface area contributed by atoms with Crippen molar-refractivity contribution in [3.63, 3.8) is 0 Å². The summed E-state index contributed by atoms with van der Waals surface area (Å²) in [7, 11) is 0. The average Bonchev–Trinajstić information content (AvgIpc) is 3.70. The molecule has 44 heavy (non-hydrogen) atoms. The van der Waals surface area contributed by atoms with Crippen LogP contribution in [0.2, 0.25) is 5.02 Å². The highest BCUT2D eigenvalue weighted by Crippen LogP contribution is 2.29. The van der Waals surface area contributed by atoms with Crippen LogP contribution in [0.15, 0.2) is 128 Å². The highest BCUT2D eigenvalue weighted by molar-refractivity contribution is 8.93. The molecule has 2 amide bonds. The highest BCUT2D eigenvalue weighted by atomic mass is 79.9. The molecule has 0 aliphatic heterocycles. The van der Waals surface area contributed by atoms with Crippen molar-refractivity contribution in [2.45, 2.75) is 6.42 Å². The first-order valence-corrected chi connectivity index (χ1v) is 15.1. The minimum atomic E-state index is -0.337. The van der Waals surface area contributed by atoms with Crippen LogP contribution in [-0.2, 0) is 11.2 Å². The predicted molar refractivity (Wildman–Crippen MR) is 190 cm³/mol. The van der Waals surface area contributed by atoms with Crippen LogP contribution in [0.5, 0.6) is 0 Å². The number of urea groups is 1. The molecule has 6 rings (SSSR count). The molecule has 0 spiro atoms. The number of aromatic nitrogens is 2. The molecule has 0 atom stereocenters. The Morgan fingerprint density at radius 1 is 0.727 bits per heavy atom. The number of carbonyl (C=O) groups excluding carboxylic acids is 2. The van der Waals surface area contributed by atoms with E-state index in [1.807, 2.05) is 91.0 Å². The first-order valence-electron chi connectivity index (χ1n) is 13.1. The van der Waals surface area contributed by atoms with Gasteiger partial charge in [-0.25, -0.2) is 14.8 Å². The van der Waals surface area contributed by atoms with Gasteiger partial charge in [-0.05, 0) is 41.0 Å². The van der Waals surface area contributed by atoms with Crippen molar-refractivity contribution in [3.05, 3.63) is 138 Å². The van der Waals surface area contributed by atoms with Crippen molar-refractivity contribution in [2.75, 3.05) is 16.4 Å². The first-order chi connectivity index (χ1) is 21.0. The maximum absolute atomic E-state index is 11.9. The molecule has 0 aliphatic carbocycles. The van der Waals surface area contributed by atoms with Gasteiger partial charge in [-0.1, -0.05) is 125 Å². The molecule has 6 aromatic rings. The molecule has 0 aliphatic rings. The van der Waals surface area contributed by atoms with Gasteiger partial charge in [0.05, 0.1) is 9.75 Å². The number of anilines is 3. The van der Waals surface area contributed by atoms with Gasteiger partial charge in [0.1, 0.15) is 6.29 Å². The Morgan fingerprint density at radius 2 is 1.25 bits per heavy atom. The third-order valence-corrected chi connectivity index (χ3v) is 7.72. The number of nitrogens with zero attached hydrogens (tertiary/aromatic N) is 2.